The normalized spacial score (nSPS) is 17.6. The molecule has 0 spiro atoms. The van der Waals surface area contributed by atoms with Gasteiger partial charge in [-0.1, -0.05) is 20.8 Å². The summed E-state index contributed by atoms with van der Waals surface area (Å²) in [4.78, 5) is 2.60. The molecule has 5 nitrogen and oxygen atoms in total. The molecule has 0 aliphatic carbocycles. The summed E-state index contributed by atoms with van der Waals surface area (Å²) < 4.78 is 18.1. The van der Waals surface area contributed by atoms with E-state index in [9.17, 15) is 4.39 Å². The van der Waals surface area contributed by atoms with Gasteiger partial charge in [0, 0.05) is 74.1 Å². The monoisotopic (exact) mass is 471 g/mol. The molecule has 0 saturated carbocycles. The van der Waals surface area contributed by atoms with E-state index in [2.05, 4.69) is 65.7 Å². The number of hydrogen-bond donors (Lipinski definition) is 2. The van der Waals surface area contributed by atoms with Crippen molar-refractivity contribution < 1.29 is 4.39 Å². The summed E-state index contributed by atoms with van der Waals surface area (Å²) >= 11 is 1.84. The van der Waals surface area contributed by atoms with E-state index in [1.54, 1.807) is 12.1 Å². The number of anilines is 2. The molecule has 3 rings (SSSR count). The summed E-state index contributed by atoms with van der Waals surface area (Å²) in [6.07, 6.45) is 2.55. The maximum absolute atomic E-state index is 13.3. The lowest BCUT2D eigenvalue weighted by atomic mass is 9.94. The van der Waals surface area contributed by atoms with Crippen LogP contribution in [0.2, 0.25) is 0 Å². The number of aryl methyl sites for hydroxylation is 1. The Bertz CT molecular complexity index is 918. The van der Waals surface area contributed by atoms with E-state index in [1.807, 2.05) is 12.1 Å². The molecule has 1 fully saturated rings. The third-order valence-corrected chi connectivity index (χ3v) is 6.95. The molecular formula is C26H38FN5S. The standard InChI is InChI=1S/C26H38FN5S/c1-6-11-30(5)33-32-13-12-31(17-19(2)3)26(18-32)24-15-21(16-28)25(14-20(24)4)29-23-9-7-22(27)8-10-23/h7-10,14-16,19,26,28-29H,6,11-13,17-18H2,1-5H3. The van der Waals surface area contributed by atoms with Crippen LogP contribution < -0.4 is 5.32 Å². The molecule has 7 heteroatoms. The van der Waals surface area contributed by atoms with Gasteiger partial charge in [-0.3, -0.25) is 4.90 Å². The average Bonchev–Trinajstić information content (AvgIpc) is 2.76. The van der Waals surface area contributed by atoms with E-state index in [4.69, 9.17) is 5.41 Å². The highest BCUT2D eigenvalue weighted by atomic mass is 32.2. The Kier molecular flexibility index (Phi) is 9.32. The molecule has 1 unspecified atom stereocenters. The lowest BCUT2D eigenvalue weighted by molar-refractivity contribution is 0.108. The lowest BCUT2D eigenvalue weighted by Crippen LogP contribution is -2.48. The fourth-order valence-electron chi connectivity index (χ4n) is 4.42. The van der Waals surface area contributed by atoms with Crippen LogP contribution in [0.4, 0.5) is 15.8 Å². The molecule has 1 saturated heterocycles. The van der Waals surface area contributed by atoms with Crippen LogP contribution in [0.25, 0.3) is 0 Å². The zero-order chi connectivity index (χ0) is 24.0. The van der Waals surface area contributed by atoms with Crippen molar-refractivity contribution in [2.75, 3.05) is 45.1 Å². The average molecular weight is 472 g/mol. The van der Waals surface area contributed by atoms with Crippen molar-refractivity contribution in [3.8, 4) is 0 Å². The van der Waals surface area contributed by atoms with Gasteiger partial charge in [0.25, 0.3) is 0 Å². The summed E-state index contributed by atoms with van der Waals surface area (Å²) in [6, 6.07) is 10.9. The predicted octanol–water partition coefficient (Wildman–Crippen LogP) is 6.10. The molecule has 0 bridgehead atoms. The molecule has 1 aliphatic heterocycles. The Morgan fingerprint density at radius 2 is 1.97 bits per heavy atom. The van der Waals surface area contributed by atoms with E-state index in [0.717, 1.165) is 56.1 Å². The Morgan fingerprint density at radius 1 is 1.24 bits per heavy atom. The van der Waals surface area contributed by atoms with Gasteiger partial charge >= 0.3 is 0 Å². The SMILES string of the molecule is CCCN(C)SN1CCN(CC(C)C)C(c2cc(C=N)c(Nc3ccc(F)cc3)cc2C)C1. The molecule has 0 amide bonds. The molecule has 2 N–H and O–H groups in total. The Hall–Kier alpha value is -1.93. The molecule has 2 aromatic rings. The van der Waals surface area contributed by atoms with Gasteiger partial charge in [0.15, 0.2) is 0 Å². The fraction of sp³-hybridized carbons (Fsp3) is 0.500. The first-order valence-electron chi connectivity index (χ1n) is 11.9. The first-order chi connectivity index (χ1) is 15.8. The first kappa shape index (κ1) is 25.7. The second-order valence-electron chi connectivity index (χ2n) is 9.30. The zero-order valence-corrected chi connectivity index (χ0v) is 21.4. The molecule has 0 radical (unpaired) electrons. The van der Waals surface area contributed by atoms with E-state index >= 15 is 0 Å². The molecule has 180 valence electrons. The van der Waals surface area contributed by atoms with Crippen LogP contribution in [0.3, 0.4) is 0 Å². The van der Waals surface area contributed by atoms with Gasteiger partial charge in [0.1, 0.15) is 5.82 Å². The summed E-state index contributed by atoms with van der Waals surface area (Å²) in [6.45, 7) is 14.1. The topological polar surface area (TPSA) is 45.6 Å². The molecule has 1 aliphatic rings. The van der Waals surface area contributed by atoms with Gasteiger partial charge in [-0.05, 0) is 73.8 Å². The van der Waals surface area contributed by atoms with Crippen molar-refractivity contribution in [2.24, 2.45) is 5.92 Å². The van der Waals surface area contributed by atoms with Crippen LogP contribution in [-0.4, -0.2) is 59.5 Å². The minimum atomic E-state index is -0.256. The van der Waals surface area contributed by atoms with Crippen molar-refractivity contribution in [3.63, 3.8) is 0 Å². The van der Waals surface area contributed by atoms with Gasteiger partial charge in [0.2, 0.25) is 0 Å². The van der Waals surface area contributed by atoms with E-state index in [-0.39, 0.29) is 11.9 Å². The van der Waals surface area contributed by atoms with Crippen LogP contribution in [-0.2, 0) is 0 Å². The molecule has 1 atom stereocenters. The van der Waals surface area contributed by atoms with Gasteiger partial charge in [-0.2, -0.15) is 0 Å². The summed E-state index contributed by atoms with van der Waals surface area (Å²) in [5.74, 6) is 0.338. The summed E-state index contributed by atoms with van der Waals surface area (Å²) in [5, 5.41) is 11.4. The number of benzene rings is 2. The fourth-order valence-corrected chi connectivity index (χ4v) is 5.45. The third kappa shape index (κ3) is 7.03. The van der Waals surface area contributed by atoms with Crippen LogP contribution in [0.5, 0.6) is 0 Å². The molecule has 1 heterocycles. The first-order valence-corrected chi connectivity index (χ1v) is 12.6. The zero-order valence-electron chi connectivity index (χ0n) is 20.6. The van der Waals surface area contributed by atoms with Crippen LogP contribution >= 0.6 is 12.1 Å². The number of rotatable bonds is 10. The molecule has 0 aromatic heterocycles. The maximum Gasteiger partial charge on any atom is 0.123 e. The maximum atomic E-state index is 13.3. The molecular weight excluding hydrogens is 433 g/mol. The number of halogens is 1. The summed E-state index contributed by atoms with van der Waals surface area (Å²) in [7, 11) is 2.16. The van der Waals surface area contributed by atoms with Gasteiger partial charge < -0.3 is 10.7 Å². The van der Waals surface area contributed by atoms with Crippen molar-refractivity contribution in [3.05, 3.63) is 58.9 Å². The molecule has 2 aromatic carbocycles. The number of piperazine rings is 1. The van der Waals surface area contributed by atoms with Gasteiger partial charge in [-0.25, -0.2) is 13.0 Å². The summed E-state index contributed by atoms with van der Waals surface area (Å²) in [5.41, 5.74) is 5.02. The predicted molar refractivity (Wildman–Crippen MR) is 140 cm³/mol. The van der Waals surface area contributed by atoms with Crippen LogP contribution in [0.15, 0.2) is 36.4 Å². The van der Waals surface area contributed by atoms with Gasteiger partial charge in [-0.15, -0.1) is 0 Å². The van der Waals surface area contributed by atoms with Crippen molar-refractivity contribution in [2.45, 2.75) is 40.2 Å². The van der Waals surface area contributed by atoms with Crippen molar-refractivity contribution in [1.82, 2.24) is 13.5 Å². The minimum absolute atomic E-state index is 0.256. The molecule has 33 heavy (non-hydrogen) atoms. The third-order valence-electron chi connectivity index (χ3n) is 5.92. The largest absolute Gasteiger partial charge is 0.355 e. The number of nitrogens with zero attached hydrogens (tertiary/aromatic N) is 3. The van der Waals surface area contributed by atoms with Gasteiger partial charge in [0.05, 0.1) is 0 Å². The number of hydrogen-bond acceptors (Lipinski definition) is 6. The van der Waals surface area contributed by atoms with E-state index in [1.165, 1.54) is 29.5 Å². The highest BCUT2D eigenvalue weighted by Crippen LogP contribution is 2.34. The van der Waals surface area contributed by atoms with E-state index in [0.29, 0.717) is 5.92 Å². The van der Waals surface area contributed by atoms with Crippen LogP contribution in [0, 0.1) is 24.1 Å². The number of nitrogens with one attached hydrogen (secondary N) is 2. The second kappa shape index (κ2) is 12.0. The Morgan fingerprint density at radius 3 is 2.61 bits per heavy atom. The quantitative estimate of drug-likeness (QED) is 0.324. The second-order valence-corrected chi connectivity index (χ2v) is 10.6. The Labute approximate surface area is 203 Å². The van der Waals surface area contributed by atoms with Crippen LogP contribution in [0.1, 0.15) is 49.9 Å². The van der Waals surface area contributed by atoms with E-state index < -0.39 is 0 Å². The Balaban J connectivity index is 1.88. The highest BCUT2D eigenvalue weighted by molar-refractivity contribution is 7.94. The minimum Gasteiger partial charge on any atom is -0.355 e. The lowest BCUT2D eigenvalue weighted by Gasteiger charge is -2.43. The smallest absolute Gasteiger partial charge is 0.123 e. The highest BCUT2D eigenvalue weighted by Gasteiger charge is 2.31. The van der Waals surface area contributed by atoms with Crippen molar-refractivity contribution >= 4 is 29.7 Å². The van der Waals surface area contributed by atoms with Crippen molar-refractivity contribution in [1.29, 1.82) is 5.41 Å².